The Balaban J connectivity index is 2.08. The first kappa shape index (κ1) is 15.3. The molecule has 6 heteroatoms. The summed E-state index contributed by atoms with van der Waals surface area (Å²) >= 11 is 1.47. The zero-order valence-corrected chi connectivity index (χ0v) is 13.9. The second kappa shape index (κ2) is 6.26. The molecule has 3 rings (SSSR count). The summed E-state index contributed by atoms with van der Waals surface area (Å²) in [6, 6.07) is 7.42. The Morgan fingerprint density at radius 1 is 1.22 bits per heavy atom. The van der Waals surface area contributed by atoms with E-state index in [4.69, 9.17) is 9.47 Å². The summed E-state index contributed by atoms with van der Waals surface area (Å²) in [6.07, 6.45) is 2.63. The number of aromatic nitrogens is 2. The maximum atomic E-state index is 11.1. The van der Waals surface area contributed by atoms with Crippen LogP contribution in [0, 0.1) is 6.92 Å². The lowest BCUT2D eigenvalue weighted by Gasteiger charge is -2.11. The molecule has 0 saturated carbocycles. The van der Waals surface area contributed by atoms with Crippen LogP contribution in [0.3, 0.4) is 0 Å². The maximum absolute atomic E-state index is 11.1. The number of hydrogen-bond acceptors (Lipinski definition) is 5. The van der Waals surface area contributed by atoms with E-state index in [-0.39, 0.29) is 0 Å². The lowest BCUT2D eigenvalue weighted by atomic mass is 10.1. The molecule has 0 radical (unpaired) electrons. The van der Waals surface area contributed by atoms with Crippen LogP contribution in [0.4, 0.5) is 0 Å². The molecular formula is C17H16N2O3S. The van der Waals surface area contributed by atoms with E-state index in [1.54, 1.807) is 24.9 Å². The van der Waals surface area contributed by atoms with Gasteiger partial charge in [0.1, 0.15) is 11.5 Å². The van der Waals surface area contributed by atoms with Crippen molar-refractivity contribution < 1.29 is 14.3 Å². The monoisotopic (exact) mass is 328 g/mol. The largest absolute Gasteiger partial charge is 0.496 e. The van der Waals surface area contributed by atoms with Crippen LogP contribution in [-0.2, 0) is 0 Å². The number of aldehydes is 1. The molecule has 0 spiro atoms. The average molecular weight is 328 g/mol. The zero-order chi connectivity index (χ0) is 16.4. The third kappa shape index (κ3) is 2.73. The van der Waals surface area contributed by atoms with Crippen LogP contribution >= 0.6 is 11.3 Å². The van der Waals surface area contributed by atoms with Crippen molar-refractivity contribution in [1.82, 2.24) is 9.55 Å². The van der Waals surface area contributed by atoms with Crippen molar-refractivity contribution >= 4 is 17.6 Å². The highest BCUT2D eigenvalue weighted by molar-refractivity contribution is 7.12. The third-order valence-corrected chi connectivity index (χ3v) is 4.43. The van der Waals surface area contributed by atoms with E-state index in [2.05, 4.69) is 4.98 Å². The topological polar surface area (TPSA) is 53.4 Å². The van der Waals surface area contributed by atoms with E-state index in [1.807, 2.05) is 36.7 Å². The van der Waals surface area contributed by atoms with Crippen LogP contribution in [0.25, 0.3) is 16.4 Å². The van der Waals surface area contributed by atoms with Crippen LogP contribution in [0.1, 0.15) is 16.1 Å². The first-order valence-corrected chi connectivity index (χ1v) is 7.87. The van der Waals surface area contributed by atoms with Crippen LogP contribution in [0.2, 0.25) is 0 Å². The van der Waals surface area contributed by atoms with E-state index in [1.165, 1.54) is 11.3 Å². The molecule has 0 fully saturated rings. The van der Waals surface area contributed by atoms with Gasteiger partial charge >= 0.3 is 0 Å². The van der Waals surface area contributed by atoms with E-state index < -0.39 is 0 Å². The number of carbonyl (C=O) groups excluding carboxylic acids is 1. The molecule has 0 atom stereocenters. The second-order valence-electron chi connectivity index (χ2n) is 4.96. The minimum Gasteiger partial charge on any atom is -0.496 e. The molecule has 0 amide bonds. The molecule has 0 N–H and O–H groups in total. The van der Waals surface area contributed by atoms with Crippen LogP contribution in [0.15, 0.2) is 35.8 Å². The molecule has 2 heterocycles. The predicted molar refractivity (Wildman–Crippen MR) is 90.1 cm³/mol. The van der Waals surface area contributed by atoms with Crippen LogP contribution < -0.4 is 9.47 Å². The van der Waals surface area contributed by atoms with Gasteiger partial charge in [0.2, 0.25) is 0 Å². The van der Waals surface area contributed by atoms with Crippen molar-refractivity contribution in [2.24, 2.45) is 0 Å². The fourth-order valence-electron chi connectivity index (χ4n) is 2.41. The number of nitrogens with zero attached hydrogens (tertiary/aromatic N) is 2. The first-order chi connectivity index (χ1) is 11.2. The molecule has 1 aromatic carbocycles. The number of aryl methyl sites for hydroxylation is 1. The summed E-state index contributed by atoms with van der Waals surface area (Å²) in [5.41, 5.74) is 3.21. The average Bonchev–Trinajstić information content (AvgIpc) is 3.22. The van der Waals surface area contributed by atoms with Gasteiger partial charge in [-0.3, -0.25) is 9.36 Å². The van der Waals surface area contributed by atoms with Gasteiger partial charge in [-0.2, -0.15) is 0 Å². The summed E-state index contributed by atoms with van der Waals surface area (Å²) in [5.74, 6) is 1.52. The van der Waals surface area contributed by atoms with E-state index in [0.717, 1.165) is 39.7 Å². The minimum atomic E-state index is 0.569. The molecule has 2 aromatic heterocycles. The number of benzene rings is 1. The highest BCUT2D eigenvalue weighted by Crippen LogP contribution is 2.36. The van der Waals surface area contributed by atoms with Gasteiger partial charge in [-0.15, -0.1) is 11.3 Å². The summed E-state index contributed by atoms with van der Waals surface area (Å²) in [5, 5.41) is 2.67. The van der Waals surface area contributed by atoms with Crippen molar-refractivity contribution in [2.75, 3.05) is 14.2 Å². The minimum absolute atomic E-state index is 0.569. The number of rotatable bonds is 5. The molecule has 3 aromatic rings. The van der Waals surface area contributed by atoms with Gasteiger partial charge in [0.15, 0.2) is 11.4 Å². The Morgan fingerprint density at radius 3 is 2.70 bits per heavy atom. The maximum Gasteiger partial charge on any atom is 0.194 e. The fourth-order valence-corrected chi connectivity index (χ4v) is 3.24. The number of thiazole rings is 1. The van der Waals surface area contributed by atoms with Crippen molar-refractivity contribution in [2.45, 2.75) is 6.92 Å². The lowest BCUT2D eigenvalue weighted by molar-refractivity contribution is 0.111. The fraction of sp³-hybridized carbons (Fsp3) is 0.176. The molecule has 0 unspecified atom stereocenters. The molecule has 0 aliphatic rings. The summed E-state index contributed by atoms with van der Waals surface area (Å²) in [7, 11) is 3.27. The highest BCUT2D eigenvalue weighted by Gasteiger charge is 2.15. The molecular weight excluding hydrogens is 312 g/mol. The predicted octanol–water partition coefficient (Wildman–Crippen LogP) is 3.74. The number of methoxy groups -OCH3 is 2. The summed E-state index contributed by atoms with van der Waals surface area (Å²) in [6.45, 7) is 1.97. The van der Waals surface area contributed by atoms with E-state index in [9.17, 15) is 4.79 Å². The molecule has 0 saturated heterocycles. The molecule has 23 heavy (non-hydrogen) atoms. The van der Waals surface area contributed by atoms with Gasteiger partial charge in [-0.1, -0.05) is 0 Å². The van der Waals surface area contributed by atoms with Gasteiger partial charge in [-0.25, -0.2) is 4.98 Å². The quantitative estimate of drug-likeness (QED) is 0.670. The molecule has 0 aliphatic heterocycles. The zero-order valence-electron chi connectivity index (χ0n) is 13.1. The van der Waals surface area contributed by atoms with Crippen LogP contribution in [-0.4, -0.2) is 30.1 Å². The van der Waals surface area contributed by atoms with Crippen molar-refractivity contribution in [1.29, 1.82) is 0 Å². The summed E-state index contributed by atoms with van der Waals surface area (Å²) < 4.78 is 12.6. The third-order valence-electron chi connectivity index (χ3n) is 3.59. The number of hydrogen-bond donors (Lipinski definition) is 0. The Bertz CT molecular complexity index is 851. The van der Waals surface area contributed by atoms with Gasteiger partial charge in [0.05, 0.1) is 25.6 Å². The Labute approximate surface area is 138 Å². The molecule has 0 aliphatic carbocycles. The summed E-state index contributed by atoms with van der Waals surface area (Å²) in [4.78, 5) is 15.7. The Hall–Kier alpha value is -2.60. The number of carbonyl (C=O) groups is 1. The SMILES string of the molecule is COc1cc(-c2csc(-n3cccc3C=O)n2)c(OC)cc1C. The van der Waals surface area contributed by atoms with Gasteiger partial charge in [-0.05, 0) is 36.8 Å². The second-order valence-corrected chi connectivity index (χ2v) is 5.79. The Kier molecular flexibility index (Phi) is 4.16. The van der Waals surface area contributed by atoms with E-state index in [0.29, 0.717) is 5.69 Å². The van der Waals surface area contributed by atoms with Gasteiger partial charge < -0.3 is 9.47 Å². The highest BCUT2D eigenvalue weighted by atomic mass is 32.1. The normalized spacial score (nSPS) is 10.6. The number of ether oxygens (including phenoxy) is 2. The van der Waals surface area contributed by atoms with Crippen LogP contribution in [0.5, 0.6) is 11.5 Å². The molecule has 118 valence electrons. The first-order valence-electron chi connectivity index (χ1n) is 6.99. The van der Waals surface area contributed by atoms with E-state index >= 15 is 0 Å². The molecule has 0 bridgehead atoms. The molecule has 5 nitrogen and oxygen atoms in total. The Morgan fingerprint density at radius 2 is 2.00 bits per heavy atom. The standard InChI is InChI=1S/C17H16N2O3S/c1-11-7-16(22-3)13(8-15(11)21-2)14-10-23-17(18-14)19-6-4-5-12(19)9-20/h4-10H,1-3H3. The van der Waals surface area contributed by atoms with Crippen molar-refractivity contribution in [3.8, 4) is 27.9 Å². The van der Waals surface area contributed by atoms with Crippen molar-refractivity contribution in [3.63, 3.8) is 0 Å². The lowest BCUT2D eigenvalue weighted by Crippen LogP contribution is -1.97. The van der Waals surface area contributed by atoms with Gasteiger partial charge in [0.25, 0.3) is 0 Å². The van der Waals surface area contributed by atoms with Crippen molar-refractivity contribution in [3.05, 3.63) is 47.1 Å². The smallest absolute Gasteiger partial charge is 0.194 e. The van der Waals surface area contributed by atoms with Gasteiger partial charge in [0, 0.05) is 17.1 Å².